The van der Waals surface area contributed by atoms with Gasteiger partial charge in [0.15, 0.2) is 11.5 Å². The van der Waals surface area contributed by atoms with Gasteiger partial charge in [-0.1, -0.05) is 6.07 Å². The highest BCUT2D eigenvalue weighted by molar-refractivity contribution is 7.89. The number of rotatable bonds is 8. The molecule has 1 heterocycles. The number of carbonyl (C=O) groups excluding carboxylic acids is 1. The first kappa shape index (κ1) is 23.5. The van der Waals surface area contributed by atoms with Crippen LogP contribution in [0, 0.1) is 0 Å². The molecule has 0 radical (unpaired) electrons. The number of hydrogen-bond donors (Lipinski definition) is 1. The molecule has 1 fully saturated rings. The third-order valence-electron chi connectivity index (χ3n) is 4.81. The Morgan fingerprint density at radius 3 is 2.44 bits per heavy atom. The number of methoxy groups -OCH3 is 3. The summed E-state index contributed by atoms with van der Waals surface area (Å²) >= 11 is 0. The Hall–Kier alpha value is -3.15. The van der Waals surface area contributed by atoms with Gasteiger partial charge >= 0.3 is 0 Å². The largest absolute Gasteiger partial charge is 0.493 e. The van der Waals surface area contributed by atoms with E-state index in [9.17, 15) is 13.2 Å². The van der Waals surface area contributed by atoms with Crippen LogP contribution in [0.25, 0.3) is 0 Å². The number of sulfonamides is 1. The summed E-state index contributed by atoms with van der Waals surface area (Å²) in [5.74, 6) is 0.721. The molecule has 1 saturated heterocycles. The number of ether oxygens (including phenoxy) is 4. The van der Waals surface area contributed by atoms with E-state index in [-0.39, 0.29) is 23.5 Å². The molecule has 1 N–H and O–H groups in total. The Morgan fingerprint density at radius 2 is 1.78 bits per heavy atom. The highest BCUT2D eigenvalue weighted by atomic mass is 32.2. The van der Waals surface area contributed by atoms with E-state index in [1.54, 1.807) is 12.1 Å². The Labute approximate surface area is 186 Å². The van der Waals surface area contributed by atoms with Crippen LogP contribution in [0.1, 0.15) is 15.9 Å². The number of morpholine rings is 1. The van der Waals surface area contributed by atoms with Crippen LogP contribution in [-0.2, 0) is 14.8 Å². The van der Waals surface area contributed by atoms with Crippen molar-refractivity contribution >= 4 is 22.1 Å². The summed E-state index contributed by atoms with van der Waals surface area (Å²) in [6.07, 6.45) is 1.40. The smallest absolute Gasteiger partial charge is 0.271 e. The van der Waals surface area contributed by atoms with Gasteiger partial charge in [-0.25, -0.2) is 13.8 Å². The van der Waals surface area contributed by atoms with Crippen LogP contribution >= 0.6 is 0 Å². The van der Waals surface area contributed by atoms with Crippen LogP contribution < -0.4 is 19.6 Å². The predicted octanol–water partition coefficient (Wildman–Crippen LogP) is 1.50. The minimum atomic E-state index is -3.71. The molecule has 0 bridgehead atoms. The van der Waals surface area contributed by atoms with Crippen molar-refractivity contribution in [1.82, 2.24) is 9.73 Å². The molecule has 0 aliphatic carbocycles. The molecule has 3 rings (SSSR count). The lowest BCUT2D eigenvalue weighted by Gasteiger charge is -2.26. The second-order valence-electron chi connectivity index (χ2n) is 6.67. The van der Waals surface area contributed by atoms with Crippen LogP contribution in [0.15, 0.2) is 46.4 Å². The van der Waals surface area contributed by atoms with Gasteiger partial charge in [0.05, 0.1) is 45.7 Å². The number of nitrogens with one attached hydrogen (secondary N) is 1. The second kappa shape index (κ2) is 10.4. The fourth-order valence-corrected chi connectivity index (χ4v) is 4.64. The van der Waals surface area contributed by atoms with Gasteiger partial charge < -0.3 is 18.9 Å². The Balaban J connectivity index is 1.76. The number of nitrogens with zero attached hydrogens (tertiary/aromatic N) is 2. The first-order chi connectivity index (χ1) is 15.4. The quantitative estimate of drug-likeness (QED) is 0.466. The first-order valence-electron chi connectivity index (χ1n) is 9.72. The summed E-state index contributed by atoms with van der Waals surface area (Å²) in [7, 11) is 0.767. The van der Waals surface area contributed by atoms with E-state index < -0.39 is 15.9 Å². The van der Waals surface area contributed by atoms with Gasteiger partial charge in [0, 0.05) is 24.2 Å². The van der Waals surface area contributed by atoms with Crippen molar-refractivity contribution in [2.75, 3.05) is 47.6 Å². The van der Waals surface area contributed by atoms with E-state index in [0.717, 1.165) is 0 Å². The Morgan fingerprint density at radius 1 is 1.06 bits per heavy atom. The minimum Gasteiger partial charge on any atom is -0.493 e. The van der Waals surface area contributed by atoms with Crippen molar-refractivity contribution < 1.29 is 32.2 Å². The summed E-state index contributed by atoms with van der Waals surface area (Å²) in [4.78, 5) is 12.6. The lowest BCUT2D eigenvalue weighted by Crippen LogP contribution is -2.40. The van der Waals surface area contributed by atoms with Gasteiger partial charge in [0.1, 0.15) is 0 Å². The number of amides is 1. The maximum absolute atomic E-state index is 12.8. The zero-order valence-electron chi connectivity index (χ0n) is 18.0. The average Bonchev–Trinajstić information content (AvgIpc) is 2.84. The molecule has 2 aromatic rings. The summed E-state index contributed by atoms with van der Waals surface area (Å²) < 4.78 is 48.1. The molecule has 0 saturated carbocycles. The zero-order valence-corrected chi connectivity index (χ0v) is 18.8. The molecule has 0 spiro atoms. The van der Waals surface area contributed by atoms with Gasteiger partial charge in [-0.15, -0.1) is 0 Å². The lowest BCUT2D eigenvalue weighted by atomic mass is 10.2. The fraction of sp³-hybridized carbons (Fsp3) is 0.333. The van der Waals surface area contributed by atoms with Crippen LogP contribution in [0.5, 0.6) is 17.2 Å². The van der Waals surface area contributed by atoms with Gasteiger partial charge in [0.2, 0.25) is 15.8 Å². The Bertz CT molecular complexity index is 1100. The van der Waals surface area contributed by atoms with Crippen molar-refractivity contribution in [3.63, 3.8) is 0 Å². The van der Waals surface area contributed by atoms with Gasteiger partial charge in [-0.2, -0.15) is 9.41 Å². The molecule has 0 unspecified atom stereocenters. The first-order valence-corrected chi connectivity index (χ1v) is 11.2. The molecule has 11 heteroatoms. The molecule has 1 amide bonds. The maximum atomic E-state index is 12.8. The second-order valence-corrected chi connectivity index (χ2v) is 8.60. The standard InChI is InChI=1S/C21H25N3O7S/c1-28-18-8-7-16(19(29-2)20(18)30-3)14-22-23-21(25)15-5-4-6-17(13-15)32(26,27)24-9-11-31-12-10-24/h4-8,13-14H,9-12H2,1-3H3,(H,23,25)/b22-14-. The molecule has 32 heavy (non-hydrogen) atoms. The maximum Gasteiger partial charge on any atom is 0.271 e. The normalized spacial score (nSPS) is 14.8. The van der Waals surface area contributed by atoms with Crippen molar-refractivity contribution in [2.45, 2.75) is 4.90 Å². The molecule has 0 aromatic heterocycles. The van der Waals surface area contributed by atoms with E-state index in [4.69, 9.17) is 18.9 Å². The van der Waals surface area contributed by atoms with Crippen molar-refractivity contribution in [2.24, 2.45) is 5.10 Å². The van der Waals surface area contributed by atoms with E-state index in [1.807, 2.05) is 0 Å². The lowest BCUT2D eigenvalue weighted by molar-refractivity contribution is 0.0730. The van der Waals surface area contributed by atoms with Crippen LogP contribution in [0.2, 0.25) is 0 Å². The molecular weight excluding hydrogens is 438 g/mol. The number of hydrazone groups is 1. The molecule has 1 aliphatic rings. The minimum absolute atomic E-state index is 0.0394. The zero-order chi connectivity index (χ0) is 23.1. The van der Waals surface area contributed by atoms with Crippen LogP contribution in [0.4, 0.5) is 0 Å². The van der Waals surface area contributed by atoms with Gasteiger partial charge in [-0.3, -0.25) is 4.79 Å². The van der Waals surface area contributed by atoms with Gasteiger partial charge in [-0.05, 0) is 30.3 Å². The van der Waals surface area contributed by atoms with E-state index >= 15 is 0 Å². The van der Waals surface area contributed by atoms with Crippen molar-refractivity contribution in [3.05, 3.63) is 47.5 Å². The average molecular weight is 464 g/mol. The molecule has 172 valence electrons. The number of hydrogen-bond acceptors (Lipinski definition) is 8. The van der Waals surface area contributed by atoms with E-state index in [1.165, 1.54) is 56.1 Å². The molecule has 0 atom stereocenters. The van der Waals surface area contributed by atoms with Crippen molar-refractivity contribution in [1.29, 1.82) is 0 Å². The summed E-state index contributed by atoms with van der Waals surface area (Å²) in [5.41, 5.74) is 3.11. The predicted molar refractivity (Wildman–Crippen MR) is 117 cm³/mol. The van der Waals surface area contributed by atoms with Gasteiger partial charge in [0.25, 0.3) is 5.91 Å². The van der Waals surface area contributed by atoms with Crippen molar-refractivity contribution in [3.8, 4) is 17.2 Å². The highest BCUT2D eigenvalue weighted by Crippen LogP contribution is 2.38. The SMILES string of the molecule is COc1ccc(/C=N\NC(=O)c2cccc(S(=O)(=O)N3CCOCC3)c2)c(OC)c1OC. The number of carbonyl (C=O) groups is 1. The van der Waals surface area contributed by atoms with E-state index in [0.29, 0.717) is 36.0 Å². The number of benzene rings is 2. The molecule has 2 aromatic carbocycles. The van der Waals surface area contributed by atoms with E-state index in [2.05, 4.69) is 10.5 Å². The summed E-state index contributed by atoms with van der Waals surface area (Å²) in [5, 5.41) is 3.96. The molecule has 1 aliphatic heterocycles. The highest BCUT2D eigenvalue weighted by Gasteiger charge is 2.26. The summed E-state index contributed by atoms with van der Waals surface area (Å²) in [6, 6.07) is 9.20. The third-order valence-corrected chi connectivity index (χ3v) is 6.70. The topological polar surface area (TPSA) is 116 Å². The van der Waals surface area contributed by atoms with Crippen LogP contribution in [-0.4, -0.2) is 72.5 Å². The molecular formula is C21H25N3O7S. The van der Waals surface area contributed by atoms with Crippen LogP contribution in [0.3, 0.4) is 0 Å². The summed E-state index contributed by atoms with van der Waals surface area (Å²) in [6.45, 7) is 1.23. The Kier molecular flexibility index (Phi) is 7.67. The third kappa shape index (κ3) is 5.01. The fourth-order valence-electron chi connectivity index (χ4n) is 3.18. The monoisotopic (exact) mass is 463 g/mol. The molecule has 10 nitrogen and oxygen atoms in total.